The molecule has 1 aliphatic rings. The summed E-state index contributed by atoms with van der Waals surface area (Å²) in [7, 11) is 0. The normalized spacial score (nSPS) is 13.6. The molecule has 3 aromatic carbocycles. The quantitative estimate of drug-likeness (QED) is 0.246. The third kappa shape index (κ3) is 4.06. The fourth-order valence-electron chi connectivity index (χ4n) is 3.72. The van der Waals surface area contributed by atoms with Gasteiger partial charge in [0.05, 0.1) is 32.6 Å². The van der Waals surface area contributed by atoms with Gasteiger partial charge in [-0.25, -0.2) is 4.98 Å². The highest BCUT2D eigenvalue weighted by Crippen LogP contribution is 2.32. The number of hydrogen-bond donors (Lipinski definition) is 1. The molecule has 1 aromatic heterocycles. The number of nitrogens with zero attached hydrogens (tertiary/aromatic N) is 2. The van der Waals surface area contributed by atoms with Gasteiger partial charge in [0.2, 0.25) is 0 Å². The molecule has 7 nitrogen and oxygen atoms in total. The van der Waals surface area contributed by atoms with Gasteiger partial charge < -0.3 is 10.1 Å². The number of thioether (sulfide) groups is 1. The van der Waals surface area contributed by atoms with Crippen LogP contribution in [0.1, 0.15) is 17.3 Å². The molecule has 2 heterocycles. The lowest BCUT2D eigenvalue weighted by Gasteiger charge is -2.19. The number of carbonyl (C=O) groups is 2. The Morgan fingerprint density at radius 2 is 1.88 bits per heavy atom. The number of amides is 1. The van der Waals surface area contributed by atoms with E-state index in [2.05, 4.69) is 10.3 Å². The number of halogens is 1. The van der Waals surface area contributed by atoms with Crippen molar-refractivity contribution < 1.29 is 14.3 Å². The molecule has 0 saturated heterocycles. The standard InChI is InChI=1S/C25H18ClN3O4S/c1-14(23(31)15-10-11-21-19(12-15)27-22(30)13-33-21)34-25-28-18-8-4-2-6-16(18)24(32)29(25)20-9-5-3-7-17(20)26/h2-12,14H,13H2,1H3,(H,27,30). The summed E-state index contributed by atoms with van der Waals surface area (Å²) < 4.78 is 6.81. The fourth-order valence-corrected chi connectivity index (χ4v) is 4.94. The predicted octanol–water partition coefficient (Wildman–Crippen LogP) is 4.73. The molecule has 1 atom stereocenters. The maximum Gasteiger partial charge on any atom is 0.266 e. The van der Waals surface area contributed by atoms with Crippen molar-refractivity contribution in [2.24, 2.45) is 0 Å². The van der Waals surface area contributed by atoms with Crippen LogP contribution in [0, 0.1) is 0 Å². The minimum absolute atomic E-state index is 0.0558. The van der Waals surface area contributed by atoms with Crippen molar-refractivity contribution in [3.05, 3.63) is 87.7 Å². The smallest absolute Gasteiger partial charge is 0.266 e. The van der Waals surface area contributed by atoms with E-state index in [9.17, 15) is 14.4 Å². The number of carbonyl (C=O) groups excluding carboxylic acids is 2. The molecule has 170 valence electrons. The molecule has 0 fully saturated rings. The number of rotatable bonds is 5. The van der Waals surface area contributed by atoms with Crippen molar-refractivity contribution in [3.63, 3.8) is 0 Å². The number of anilines is 1. The largest absolute Gasteiger partial charge is 0.482 e. The van der Waals surface area contributed by atoms with Crippen LogP contribution in [0.3, 0.4) is 0 Å². The van der Waals surface area contributed by atoms with Gasteiger partial charge in [-0.15, -0.1) is 0 Å². The minimum Gasteiger partial charge on any atom is -0.482 e. The van der Waals surface area contributed by atoms with Crippen LogP contribution in [-0.2, 0) is 4.79 Å². The maximum absolute atomic E-state index is 13.4. The highest BCUT2D eigenvalue weighted by atomic mass is 35.5. The van der Waals surface area contributed by atoms with E-state index in [0.29, 0.717) is 43.8 Å². The van der Waals surface area contributed by atoms with Gasteiger partial charge in [0.1, 0.15) is 5.75 Å². The molecule has 4 aromatic rings. The van der Waals surface area contributed by atoms with Crippen molar-refractivity contribution in [2.75, 3.05) is 11.9 Å². The number of nitrogens with one attached hydrogen (secondary N) is 1. The first-order valence-corrected chi connectivity index (χ1v) is 11.7. The van der Waals surface area contributed by atoms with Crippen LogP contribution in [0.4, 0.5) is 5.69 Å². The minimum atomic E-state index is -0.583. The number of Topliss-reactive ketones (excluding diaryl/α,β-unsaturated/α-hetero) is 1. The zero-order valence-electron chi connectivity index (χ0n) is 17.9. The topological polar surface area (TPSA) is 90.3 Å². The van der Waals surface area contributed by atoms with Gasteiger partial charge in [-0.3, -0.25) is 19.0 Å². The first-order chi connectivity index (χ1) is 16.4. The second-order valence-electron chi connectivity index (χ2n) is 7.68. The van der Waals surface area contributed by atoms with Crippen molar-refractivity contribution in [1.82, 2.24) is 9.55 Å². The Kier molecular flexibility index (Phi) is 5.85. The summed E-state index contributed by atoms with van der Waals surface area (Å²) in [4.78, 5) is 43.0. The second-order valence-corrected chi connectivity index (χ2v) is 9.39. The van der Waals surface area contributed by atoms with Gasteiger partial charge in [0, 0.05) is 5.56 Å². The first kappa shape index (κ1) is 22.2. The highest BCUT2D eigenvalue weighted by molar-refractivity contribution is 8.00. The molecular formula is C25H18ClN3O4S. The fraction of sp³-hybridized carbons (Fsp3) is 0.120. The van der Waals surface area contributed by atoms with Crippen LogP contribution in [0.15, 0.2) is 76.7 Å². The summed E-state index contributed by atoms with van der Waals surface area (Å²) in [5.41, 5.74) is 1.62. The van der Waals surface area contributed by atoms with E-state index in [1.54, 1.807) is 73.7 Å². The lowest BCUT2D eigenvalue weighted by Crippen LogP contribution is -2.26. The Morgan fingerprint density at radius 1 is 1.12 bits per heavy atom. The van der Waals surface area contributed by atoms with Gasteiger partial charge >= 0.3 is 0 Å². The molecule has 5 rings (SSSR count). The van der Waals surface area contributed by atoms with Crippen LogP contribution in [0.5, 0.6) is 5.75 Å². The SMILES string of the molecule is CC(Sc1nc2ccccc2c(=O)n1-c1ccccc1Cl)C(=O)c1ccc2c(c1)NC(=O)CO2. The molecule has 0 saturated carbocycles. The Hall–Kier alpha value is -3.62. The van der Waals surface area contributed by atoms with E-state index < -0.39 is 5.25 Å². The molecule has 1 N–H and O–H groups in total. The van der Waals surface area contributed by atoms with Crippen molar-refractivity contribution >= 4 is 51.6 Å². The van der Waals surface area contributed by atoms with Gasteiger partial charge in [0.25, 0.3) is 11.5 Å². The third-order valence-corrected chi connectivity index (χ3v) is 6.76. The summed E-state index contributed by atoms with van der Waals surface area (Å²) in [6.45, 7) is 1.69. The monoisotopic (exact) mass is 491 g/mol. The van der Waals surface area contributed by atoms with Crippen LogP contribution in [0.25, 0.3) is 16.6 Å². The van der Waals surface area contributed by atoms with E-state index in [0.717, 1.165) is 0 Å². The number of para-hydroxylation sites is 2. The molecule has 1 unspecified atom stereocenters. The van der Waals surface area contributed by atoms with E-state index in [4.69, 9.17) is 16.3 Å². The van der Waals surface area contributed by atoms with E-state index >= 15 is 0 Å². The molecule has 0 spiro atoms. The summed E-state index contributed by atoms with van der Waals surface area (Å²) >= 11 is 7.59. The summed E-state index contributed by atoms with van der Waals surface area (Å²) in [6.07, 6.45) is 0. The van der Waals surface area contributed by atoms with Crippen molar-refractivity contribution in [3.8, 4) is 11.4 Å². The van der Waals surface area contributed by atoms with Gasteiger partial charge in [-0.1, -0.05) is 47.6 Å². The molecular weight excluding hydrogens is 474 g/mol. The number of fused-ring (bicyclic) bond motifs is 2. The summed E-state index contributed by atoms with van der Waals surface area (Å²) in [5, 5.41) is 3.33. The molecule has 34 heavy (non-hydrogen) atoms. The third-order valence-electron chi connectivity index (χ3n) is 5.39. The van der Waals surface area contributed by atoms with Crippen LogP contribution < -0.4 is 15.6 Å². The summed E-state index contributed by atoms with van der Waals surface area (Å²) in [5.74, 6) is 0.0598. The number of benzene rings is 3. The molecule has 0 radical (unpaired) electrons. The zero-order valence-corrected chi connectivity index (χ0v) is 19.5. The number of ether oxygens (including phenoxy) is 1. The van der Waals surface area contributed by atoms with E-state index in [-0.39, 0.29) is 23.9 Å². The zero-order chi connectivity index (χ0) is 23.8. The molecule has 1 aliphatic heterocycles. The van der Waals surface area contributed by atoms with Crippen LogP contribution in [-0.4, -0.2) is 33.1 Å². The number of aromatic nitrogens is 2. The predicted molar refractivity (Wildman–Crippen MR) is 133 cm³/mol. The Morgan fingerprint density at radius 3 is 2.71 bits per heavy atom. The number of hydrogen-bond acceptors (Lipinski definition) is 6. The van der Waals surface area contributed by atoms with Gasteiger partial charge in [-0.05, 0) is 49.4 Å². The number of ketones is 1. The Labute approximate surface area is 203 Å². The van der Waals surface area contributed by atoms with Gasteiger partial charge in [-0.2, -0.15) is 0 Å². The van der Waals surface area contributed by atoms with E-state index in [1.807, 2.05) is 0 Å². The average molecular weight is 492 g/mol. The molecule has 9 heteroatoms. The second kappa shape index (κ2) is 8.96. The Balaban J connectivity index is 1.55. The Bertz CT molecular complexity index is 1520. The highest BCUT2D eigenvalue weighted by Gasteiger charge is 2.24. The molecule has 0 aliphatic carbocycles. The first-order valence-electron chi connectivity index (χ1n) is 10.5. The summed E-state index contributed by atoms with van der Waals surface area (Å²) in [6, 6.07) is 19.0. The van der Waals surface area contributed by atoms with E-state index in [1.165, 1.54) is 16.3 Å². The van der Waals surface area contributed by atoms with Crippen molar-refractivity contribution in [1.29, 1.82) is 0 Å². The van der Waals surface area contributed by atoms with Crippen LogP contribution in [0.2, 0.25) is 5.02 Å². The average Bonchev–Trinajstić information content (AvgIpc) is 2.84. The van der Waals surface area contributed by atoms with Crippen LogP contribution >= 0.6 is 23.4 Å². The maximum atomic E-state index is 13.4. The molecule has 0 bridgehead atoms. The van der Waals surface area contributed by atoms with Gasteiger partial charge in [0.15, 0.2) is 17.5 Å². The lowest BCUT2D eigenvalue weighted by atomic mass is 10.1. The lowest BCUT2D eigenvalue weighted by molar-refractivity contribution is -0.118. The van der Waals surface area contributed by atoms with Crippen molar-refractivity contribution in [2.45, 2.75) is 17.3 Å². The molecule has 1 amide bonds.